The molecule has 23 heavy (non-hydrogen) atoms. The van der Waals surface area contributed by atoms with Crippen LogP contribution in [0.2, 0.25) is 0 Å². The van der Waals surface area contributed by atoms with Gasteiger partial charge in [0.05, 0.1) is 10.3 Å². The highest BCUT2D eigenvalue weighted by Crippen LogP contribution is 2.45. The Morgan fingerprint density at radius 1 is 0.957 bits per heavy atom. The van der Waals surface area contributed by atoms with Crippen molar-refractivity contribution < 1.29 is 12.6 Å². The SMILES string of the molecule is O=S(=O)(CCc1ccccc1)Oc1ccc(C2SCCS2)cc1. The van der Waals surface area contributed by atoms with Crippen LogP contribution in [0.5, 0.6) is 5.75 Å². The Bertz CT molecular complexity index is 721. The molecule has 0 aromatic heterocycles. The first-order valence-electron chi connectivity index (χ1n) is 7.42. The monoisotopic (exact) mass is 366 g/mol. The van der Waals surface area contributed by atoms with Gasteiger partial charge in [0, 0.05) is 11.5 Å². The Morgan fingerprint density at radius 3 is 2.26 bits per heavy atom. The van der Waals surface area contributed by atoms with Gasteiger partial charge in [-0.15, -0.1) is 23.5 Å². The lowest BCUT2D eigenvalue weighted by molar-refractivity contribution is 0.485. The van der Waals surface area contributed by atoms with Crippen LogP contribution in [0.1, 0.15) is 15.7 Å². The average Bonchev–Trinajstić information content (AvgIpc) is 3.09. The second kappa shape index (κ2) is 7.64. The molecule has 122 valence electrons. The van der Waals surface area contributed by atoms with Gasteiger partial charge in [0.2, 0.25) is 0 Å². The van der Waals surface area contributed by atoms with Gasteiger partial charge in [0.25, 0.3) is 0 Å². The molecule has 2 aromatic rings. The predicted octanol–water partition coefficient (Wildman–Crippen LogP) is 4.12. The van der Waals surface area contributed by atoms with Gasteiger partial charge in [0.1, 0.15) is 5.75 Å². The molecule has 3 rings (SSSR count). The highest BCUT2D eigenvalue weighted by atomic mass is 32.2. The highest BCUT2D eigenvalue weighted by molar-refractivity contribution is 8.19. The third-order valence-electron chi connectivity index (χ3n) is 3.48. The summed E-state index contributed by atoms with van der Waals surface area (Å²) in [4.78, 5) is 0. The van der Waals surface area contributed by atoms with Crippen molar-refractivity contribution in [3.05, 3.63) is 65.7 Å². The maximum Gasteiger partial charge on any atom is 0.309 e. The number of hydrogen-bond acceptors (Lipinski definition) is 5. The van der Waals surface area contributed by atoms with Crippen molar-refractivity contribution in [1.82, 2.24) is 0 Å². The van der Waals surface area contributed by atoms with E-state index in [2.05, 4.69) is 0 Å². The lowest BCUT2D eigenvalue weighted by Gasteiger charge is -2.10. The minimum atomic E-state index is -3.58. The van der Waals surface area contributed by atoms with Gasteiger partial charge in [-0.2, -0.15) is 8.42 Å². The predicted molar refractivity (Wildman–Crippen MR) is 98.7 cm³/mol. The molecule has 0 saturated carbocycles. The average molecular weight is 367 g/mol. The largest absolute Gasteiger partial charge is 0.382 e. The Labute approximate surface area is 146 Å². The number of benzene rings is 2. The van der Waals surface area contributed by atoms with Crippen molar-refractivity contribution in [3.8, 4) is 5.75 Å². The van der Waals surface area contributed by atoms with E-state index in [9.17, 15) is 8.42 Å². The zero-order chi connectivity index (χ0) is 16.1. The van der Waals surface area contributed by atoms with E-state index in [1.165, 1.54) is 17.1 Å². The first-order chi connectivity index (χ1) is 11.1. The summed E-state index contributed by atoms with van der Waals surface area (Å²) in [6.45, 7) is 0. The van der Waals surface area contributed by atoms with E-state index in [0.29, 0.717) is 16.8 Å². The van der Waals surface area contributed by atoms with E-state index in [-0.39, 0.29) is 5.75 Å². The summed E-state index contributed by atoms with van der Waals surface area (Å²) in [6, 6.07) is 17.0. The molecule has 0 N–H and O–H groups in total. The summed E-state index contributed by atoms with van der Waals surface area (Å²) >= 11 is 3.85. The van der Waals surface area contributed by atoms with E-state index >= 15 is 0 Å². The third-order valence-corrected chi connectivity index (χ3v) is 7.74. The van der Waals surface area contributed by atoms with E-state index < -0.39 is 10.1 Å². The first-order valence-corrected chi connectivity index (χ1v) is 11.1. The standard InChI is InChI=1S/C17H18O3S3/c18-23(19,13-10-14-4-2-1-3-5-14)20-16-8-6-15(7-9-16)17-21-11-12-22-17/h1-9,17H,10-13H2. The minimum absolute atomic E-state index is 0.0207. The Kier molecular flexibility index (Phi) is 5.56. The molecule has 0 unspecified atom stereocenters. The Hall–Kier alpha value is -1.11. The van der Waals surface area contributed by atoms with Crippen molar-refractivity contribution in [1.29, 1.82) is 0 Å². The van der Waals surface area contributed by atoms with Crippen molar-refractivity contribution in [2.24, 2.45) is 0 Å². The smallest absolute Gasteiger partial charge is 0.309 e. The highest BCUT2D eigenvalue weighted by Gasteiger charge is 2.19. The zero-order valence-corrected chi connectivity index (χ0v) is 15.0. The van der Waals surface area contributed by atoms with E-state index in [0.717, 1.165) is 5.56 Å². The van der Waals surface area contributed by atoms with Crippen LogP contribution < -0.4 is 4.18 Å². The van der Waals surface area contributed by atoms with Gasteiger partial charge in [0.15, 0.2) is 0 Å². The fourth-order valence-electron chi connectivity index (χ4n) is 2.31. The molecule has 1 saturated heterocycles. The van der Waals surface area contributed by atoms with Gasteiger partial charge in [-0.25, -0.2) is 0 Å². The van der Waals surface area contributed by atoms with E-state index in [4.69, 9.17) is 4.18 Å². The van der Waals surface area contributed by atoms with Crippen molar-refractivity contribution in [2.45, 2.75) is 11.0 Å². The van der Waals surface area contributed by atoms with Crippen LogP contribution in [0.3, 0.4) is 0 Å². The zero-order valence-electron chi connectivity index (χ0n) is 12.6. The molecule has 1 aliphatic rings. The van der Waals surface area contributed by atoms with Gasteiger partial charge < -0.3 is 4.18 Å². The molecular weight excluding hydrogens is 348 g/mol. The fraction of sp³-hybridized carbons (Fsp3) is 0.294. The molecule has 6 heteroatoms. The molecule has 3 nitrogen and oxygen atoms in total. The topological polar surface area (TPSA) is 43.4 Å². The van der Waals surface area contributed by atoms with Crippen LogP contribution in [0.4, 0.5) is 0 Å². The molecule has 0 aliphatic carbocycles. The molecule has 0 spiro atoms. The maximum atomic E-state index is 12.1. The lowest BCUT2D eigenvalue weighted by Crippen LogP contribution is -2.15. The molecular formula is C17H18O3S3. The number of hydrogen-bond donors (Lipinski definition) is 0. The van der Waals surface area contributed by atoms with Crippen LogP contribution >= 0.6 is 23.5 Å². The van der Waals surface area contributed by atoms with Crippen LogP contribution in [-0.4, -0.2) is 25.7 Å². The normalized spacial score (nSPS) is 15.7. The minimum Gasteiger partial charge on any atom is -0.382 e. The lowest BCUT2D eigenvalue weighted by atomic mass is 10.2. The van der Waals surface area contributed by atoms with Gasteiger partial charge >= 0.3 is 10.1 Å². The molecule has 1 fully saturated rings. The van der Waals surface area contributed by atoms with Crippen LogP contribution in [0.25, 0.3) is 0 Å². The third kappa shape index (κ3) is 4.93. The summed E-state index contributed by atoms with van der Waals surface area (Å²) in [7, 11) is -3.58. The van der Waals surface area contributed by atoms with E-state index in [1.807, 2.05) is 66.0 Å². The van der Waals surface area contributed by atoms with Crippen LogP contribution in [-0.2, 0) is 16.5 Å². The molecule has 0 atom stereocenters. The van der Waals surface area contributed by atoms with Gasteiger partial charge in [-0.1, -0.05) is 42.5 Å². The summed E-state index contributed by atoms with van der Waals surface area (Å²) in [5.74, 6) is 2.70. The van der Waals surface area contributed by atoms with Crippen LogP contribution in [0, 0.1) is 0 Å². The summed E-state index contributed by atoms with van der Waals surface area (Å²) < 4.78 is 29.8. The number of rotatable bonds is 6. The number of thioether (sulfide) groups is 2. The van der Waals surface area contributed by atoms with Gasteiger partial charge in [-0.3, -0.25) is 0 Å². The summed E-state index contributed by atoms with van der Waals surface area (Å²) in [5.41, 5.74) is 2.21. The summed E-state index contributed by atoms with van der Waals surface area (Å²) in [6.07, 6.45) is 0.455. The molecule has 0 amide bonds. The second-order valence-electron chi connectivity index (χ2n) is 5.22. The molecule has 2 aromatic carbocycles. The van der Waals surface area contributed by atoms with Crippen molar-refractivity contribution >= 4 is 33.6 Å². The first kappa shape index (κ1) is 16.7. The summed E-state index contributed by atoms with van der Waals surface area (Å²) in [5, 5.41) is 0. The van der Waals surface area contributed by atoms with Gasteiger partial charge in [-0.05, 0) is 29.7 Å². The molecule has 0 bridgehead atoms. The number of aryl methyl sites for hydroxylation is 1. The van der Waals surface area contributed by atoms with Crippen molar-refractivity contribution in [3.63, 3.8) is 0 Å². The Morgan fingerprint density at radius 2 is 1.61 bits per heavy atom. The molecule has 1 aliphatic heterocycles. The second-order valence-corrected chi connectivity index (χ2v) is 9.64. The fourth-order valence-corrected chi connectivity index (χ4v) is 6.14. The van der Waals surface area contributed by atoms with Crippen molar-refractivity contribution in [2.75, 3.05) is 17.3 Å². The quantitative estimate of drug-likeness (QED) is 0.720. The van der Waals surface area contributed by atoms with E-state index in [1.54, 1.807) is 12.1 Å². The molecule has 1 heterocycles. The van der Waals surface area contributed by atoms with Crippen LogP contribution in [0.15, 0.2) is 54.6 Å². The Balaban J connectivity index is 1.59. The maximum absolute atomic E-state index is 12.1. The molecule has 0 radical (unpaired) electrons.